The van der Waals surface area contributed by atoms with Gasteiger partial charge in [-0.15, -0.1) is 0 Å². The van der Waals surface area contributed by atoms with Gasteiger partial charge in [-0.05, 0) is 44.6 Å². The van der Waals surface area contributed by atoms with E-state index < -0.39 is 24.1 Å². The van der Waals surface area contributed by atoms with E-state index in [2.05, 4.69) is 26.8 Å². The van der Waals surface area contributed by atoms with Crippen LogP contribution in [-0.4, -0.2) is 71.1 Å². The van der Waals surface area contributed by atoms with Crippen LogP contribution < -0.4 is 0 Å². The summed E-state index contributed by atoms with van der Waals surface area (Å²) in [5.74, 6) is -1.88. The molecule has 224 valence electrons. The van der Waals surface area contributed by atoms with Crippen molar-refractivity contribution in [1.82, 2.24) is 0 Å². The van der Waals surface area contributed by atoms with Gasteiger partial charge in [0.05, 0.1) is 30.5 Å². The van der Waals surface area contributed by atoms with Crippen LogP contribution in [0.25, 0.3) is 0 Å². The molecule has 2 rings (SSSR count). The summed E-state index contributed by atoms with van der Waals surface area (Å²) >= 11 is 0. The number of allylic oxidation sites excluding steroid dienone is 5. The summed E-state index contributed by atoms with van der Waals surface area (Å²) in [6.07, 6.45) is 7.99. The standard InChI is InChI=1S/C32H54O7/c1-10-19(2)16-21(4)29(36)25(8)31-23(6)26(37-9)18-32(39-31)27(34)17-22(5)30(38-32)24(7)28(35)20(3)14-12-11-13-15-33/h10-15,20-31,34-36H,16-18H2,1-9H3/b13-11+,14-12-,19-10+/t20?,21?,22-,23+,24?,25?,26+,27-,28?,29?,30-,31-,32+/m0/s1. The molecule has 0 amide bonds. The van der Waals surface area contributed by atoms with Gasteiger partial charge in [0.15, 0.2) is 5.79 Å². The molecule has 3 N–H and O–H groups in total. The number of carbonyl (C=O) groups is 1. The summed E-state index contributed by atoms with van der Waals surface area (Å²) in [6, 6.07) is 0. The number of hydrogen-bond donors (Lipinski definition) is 3. The van der Waals surface area contributed by atoms with E-state index in [4.69, 9.17) is 14.2 Å². The minimum Gasteiger partial charge on any atom is -0.392 e. The highest BCUT2D eigenvalue weighted by atomic mass is 16.7. The molecule has 0 saturated carbocycles. The Bertz CT molecular complexity index is 853. The molecule has 2 heterocycles. The van der Waals surface area contributed by atoms with Gasteiger partial charge in [0.25, 0.3) is 0 Å². The summed E-state index contributed by atoms with van der Waals surface area (Å²) in [7, 11) is 1.67. The number of aliphatic hydroxyl groups excluding tert-OH is 3. The molecule has 0 aliphatic carbocycles. The first kappa shape index (κ1) is 33.9. The van der Waals surface area contributed by atoms with Crippen molar-refractivity contribution in [1.29, 1.82) is 0 Å². The highest BCUT2D eigenvalue weighted by Crippen LogP contribution is 2.47. The summed E-state index contributed by atoms with van der Waals surface area (Å²) in [4.78, 5) is 10.5. The van der Waals surface area contributed by atoms with Gasteiger partial charge in [0, 0.05) is 37.2 Å². The molecule has 2 aliphatic rings. The Morgan fingerprint density at radius 3 is 2.23 bits per heavy atom. The van der Waals surface area contributed by atoms with Crippen molar-refractivity contribution in [2.24, 2.45) is 35.5 Å². The van der Waals surface area contributed by atoms with Gasteiger partial charge in [-0.3, -0.25) is 4.79 Å². The number of ether oxygens (including phenoxy) is 3. The predicted octanol–water partition coefficient (Wildman–Crippen LogP) is 4.84. The van der Waals surface area contributed by atoms with Gasteiger partial charge in [-0.25, -0.2) is 0 Å². The highest BCUT2D eigenvalue weighted by molar-refractivity contribution is 5.65. The molecule has 0 aromatic heterocycles. The first-order chi connectivity index (χ1) is 18.3. The van der Waals surface area contributed by atoms with Crippen LogP contribution >= 0.6 is 0 Å². The number of hydrogen-bond acceptors (Lipinski definition) is 7. The van der Waals surface area contributed by atoms with Crippen molar-refractivity contribution in [2.45, 2.75) is 117 Å². The third-order valence-electron chi connectivity index (χ3n) is 9.32. The van der Waals surface area contributed by atoms with Gasteiger partial charge >= 0.3 is 0 Å². The van der Waals surface area contributed by atoms with Crippen LogP contribution in [0.2, 0.25) is 0 Å². The Balaban J connectivity index is 2.30. The second-order valence-corrected chi connectivity index (χ2v) is 12.3. The van der Waals surface area contributed by atoms with Crippen LogP contribution in [-0.2, 0) is 19.0 Å². The molecule has 7 heteroatoms. The molecular formula is C32H54O7. The minimum absolute atomic E-state index is 0.00403. The number of carbonyl (C=O) groups excluding carboxylic acids is 1. The zero-order chi connectivity index (χ0) is 29.5. The Morgan fingerprint density at radius 1 is 1.03 bits per heavy atom. The highest BCUT2D eigenvalue weighted by Gasteiger charge is 2.57. The van der Waals surface area contributed by atoms with E-state index in [-0.39, 0.29) is 53.8 Å². The monoisotopic (exact) mass is 550 g/mol. The van der Waals surface area contributed by atoms with E-state index in [1.54, 1.807) is 19.3 Å². The Kier molecular flexibility index (Phi) is 13.1. The Labute approximate surface area is 236 Å². The van der Waals surface area contributed by atoms with Gasteiger partial charge in [-0.1, -0.05) is 71.4 Å². The van der Waals surface area contributed by atoms with Crippen molar-refractivity contribution in [2.75, 3.05) is 7.11 Å². The fraction of sp³-hybridized carbons (Fsp3) is 0.781. The molecule has 2 saturated heterocycles. The number of methoxy groups -OCH3 is 1. The molecule has 13 atom stereocenters. The lowest BCUT2D eigenvalue weighted by Crippen LogP contribution is -2.65. The van der Waals surface area contributed by atoms with Crippen molar-refractivity contribution < 1.29 is 34.3 Å². The van der Waals surface area contributed by atoms with E-state index in [1.165, 1.54) is 11.6 Å². The summed E-state index contributed by atoms with van der Waals surface area (Å²) in [5, 5.41) is 33.9. The molecule has 0 aromatic carbocycles. The van der Waals surface area contributed by atoms with Gasteiger partial charge in [0.1, 0.15) is 12.4 Å². The zero-order valence-electron chi connectivity index (χ0n) is 25.5. The molecule has 7 nitrogen and oxygen atoms in total. The fourth-order valence-corrected chi connectivity index (χ4v) is 6.55. The van der Waals surface area contributed by atoms with E-state index in [0.29, 0.717) is 19.1 Å². The quantitative estimate of drug-likeness (QED) is 0.138. The number of rotatable bonds is 12. The van der Waals surface area contributed by atoms with Crippen molar-refractivity contribution in [3.63, 3.8) is 0 Å². The summed E-state index contributed by atoms with van der Waals surface area (Å²) < 4.78 is 19.3. The predicted molar refractivity (Wildman–Crippen MR) is 154 cm³/mol. The van der Waals surface area contributed by atoms with Crippen molar-refractivity contribution >= 4 is 6.29 Å². The van der Waals surface area contributed by atoms with Crippen LogP contribution in [0, 0.1) is 35.5 Å². The Morgan fingerprint density at radius 2 is 1.64 bits per heavy atom. The first-order valence-corrected chi connectivity index (χ1v) is 14.7. The maximum atomic E-state index is 11.4. The zero-order valence-corrected chi connectivity index (χ0v) is 25.5. The van der Waals surface area contributed by atoms with E-state index in [0.717, 1.165) is 6.42 Å². The molecule has 2 aliphatic heterocycles. The second-order valence-electron chi connectivity index (χ2n) is 12.3. The topological polar surface area (TPSA) is 105 Å². The van der Waals surface area contributed by atoms with Crippen molar-refractivity contribution in [3.05, 3.63) is 36.0 Å². The van der Waals surface area contributed by atoms with Crippen LogP contribution in [0.1, 0.15) is 74.7 Å². The van der Waals surface area contributed by atoms with E-state index >= 15 is 0 Å². The maximum absolute atomic E-state index is 11.4. The van der Waals surface area contributed by atoms with Crippen LogP contribution in [0.5, 0.6) is 0 Å². The fourth-order valence-electron chi connectivity index (χ4n) is 6.55. The van der Waals surface area contributed by atoms with E-state index in [1.807, 2.05) is 40.7 Å². The lowest BCUT2D eigenvalue weighted by molar-refractivity contribution is -0.391. The Hall–Kier alpha value is -1.35. The molecule has 39 heavy (non-hydrogen) atoms. The second kappa shape index (κ2) is 15.0. The maximum Gasteiger partial charge on any atom is 0.197 e. The van der Waals surface area contributed by atoms with Crippen LogP contribution in [0.15, 0.2) is 36.0 Å². The summed E-state index contributed by atoms with van der Waals surface area (Å²) in [5.41, 5.74) is 1.23. The van der Waals surface area contributed by atoms with Gasteiger partial charge < -0.3 is 29.5 Å². The minimum atomic E-state index is -1.29. The SMILES string of the molecule is C/C=C(\C)CC(C)C(O)C(C)[C@H]1O[C@@]2(C[C@@H](OC)[C@H]1C)O[C@H](C(C)C(O)C(C)/C=C\C=C\C=O)[C@@H](C)C[C@@H]2O. The average molecular weight is 551 g/mol. The molecule has 1 spiro atoms. The van der Waals surface area contributed by atoms with Gasteiger partial charge in [-0.2, -0.15) is 0 Å². The van der Waals surface area contributed by atoms with Crippen molar-refractivity contribution in [3.8, 4) is 0 Å². The largest absolute Gasteiger partial charge is 0.392 e. The normalized spacial score (nSPS) is 37.1. The molecule has 0 bridgehead atoms. The third kappa shape index (κ3) is 8.11. The average Bonchev–Trinajstić information content (AvgIpc) is 2.92. The molecule has 2 fully saturated rings. The summed E-state index contributed by atoms with van der Waals surface area (Å²) in [6.45, 7) is 16.2. The van der Waals surface area contributed by atoms with Crippen LogP contribution in [0.3, 0.4) is 0 Å². The lowest BCUT2D eigenvalue weighted by atomic mass is 9.74. The number of aldehydes is 1. The number of aliphatic hydroxyl groups is 3. The molecule has 0 aromatic rings. The van der Waals surface area contributed by atoms with Gasteiger partial charge in [0.2, 0.25) is 0 Å². The molecule has 0 radical (unpaired) electrons. The molecule has 6 unspecified atom stereocenters. The molecular weight excluding hydrogens is 496 g/mol. The first-order valence-electron chi connectivity index (χ1n) is 14.7. The van der Waals surface area contributed by atoms with Crippen LogP contribution in [0.4, 0.5) is 0 Å². The lowest BCUT2D eigenvalue weighted by Gasteiger charge is -2.56. The third-order valence-corrected chi connectivity index (χ3v) is 9.32. The smallest absolute Gasteiger partial charge is 0.197 e. The van der Waals surface area contributed by atoms with E-state index in [9.17, 15) is 20.1 Å².